The van der Waals surface area contributed by atoms with Gasteiger partial charge in [0.2, 0.25) is 5.91 Å². The van der Waals surface area contributed by atoms with Crippen molar-refractivity contribution in [2.45, 2.75) is 45.7 Å². The van der Waals surface area contributed by atoms with Crippen molar-refractivity contribution in [3.05, 3.63) is 71.8 Å². The van der Waals surface area contributed by atoms with Gasteiger partial charge in [0.15, 0.2) is 6.61 Å². The Kier molecular flexibility index (Phi) is 8.59. The molecule has 2 aromatic carbocycles. The van der Waals surface area contributed by atoms with Crippen LogP contribution in [0.25, 0.3) is 0 Å². The van der Waals surface area contributed by atoms with Gasteiger partial charge in [-0.15, -0.1) is 0 Å². The zero-order chi connectivity index (χ0) is 22.0. The Morgan fingerprint density at radius 1 is 0.900 bits per heavy atom. The van der Waals surface area contributed by atoms with Gasteiger partial charge in [0, 0.05) is 18.6 Å². The standard InChI is InChI=1S/C24H30N2O4/c1-24(2,3)26(17-20-12-8-5-9-13-20)22(28)18-30-23(29)14-15-25-21(27)16-19-10-6-4-7-11-19/h4-13H,14-18H2,1-3H3,(H,25,27). The number of ether oxygens (including phenoxy) is 1. The molecule has 0 aliphatic carbocycles. The number of carbonyl (C=O) groups excluding carboxylic acids is 3. The summed E-state index contributed by atoms with van der Waals surface area (Å²) in [5.41, 5.74) is 1.50. The van der Waals surface area contributed by atoms with Gasteiger partial charge < -0.3 is 15.0 Å². The summed E-state index contributed by atoms with van der Waals surface area (Å²) in [5, 5.41) is 2.69. The van der Waals surface area contributed by atoms with E-state index in [2.05, 4.69) is 5.32 Å². The first-order valence-electron chi connectivity index (χ1n) is 10.1. The minimum Gasteiger partial charge on any atom is -0.456 e. The number of nitrogens with one attached hydrogen (secondary N) is 1. The molecule has 0 saturated carbocycles. The summed E-state index contributed by atoms with van der Waals surface area (Å²) in [5.74, 6) is -0.934. The molecule has 0 spiro atoms. The number of hydrogen-bond donors (Lipinski definition) is 1. The third kappa shape index (κ3) is 8.07. The summed E-state index contributed by atoms with van der Waals surface area (Å²) in [4.78, 5) is 38.2. The van der Waals surface area contributed by atoms with Crippen molar-refractivity contribution in [1.82, 2.24) is 10.2 Å². The molecule has 0 unspecified atom stereocenters. The lowest BCUT2D eigenvalue weighted by Crippen LogP contribution is -2.46. The highest BCUT2D eigenvalue weighted by Crippen LogP contribution is 2.17. The molecule has 0 bridgehead atoms. The fourth-order valence-electron chi connectivity index (χ4n) is 2.91. The second-order valence-corrected chi connectivity index (χ2v) is 8.06. The van der Waals surface area contributed by atoms with Crippen LogP contribution in [-0.4, -0.2) is 41.4 Å². The van der Waals surface area contributed by atoms with Gasteiger partial charge in [-0.25, -0.2) is 0 Å². The van der Waals surface area contributed by atoms with Crippen molar-refractivity contribution in [3.8, 4) is 0 Å². The number of amides is 2. The summed E-state index contributed by atoms with van der Waals surface area (Å²) in [6, 6.07) is 19.1. The molecule has 0 heterocycles. The van der Waals surface area contributed by atoms with Gasteiger partial charge in [-0.05, 0) is 31.9 Å². The van der Waals surface area contributed by atoms with Gasteiger partial charge in [-0.3, -0.25) is 14.4 Å². The van der Waals surface area contributed by atoms with Crippen LogP contribution in [0, 0.1) is 0 Å². The van der Waals surface area contributed by atoms with E-state index in [0.29, 0.717) is 6.54 Å². The first kappa shape index (κ1) is 23.1. The first-order valence-corrected chi connectivity index (χ1v) is 10.1. The number of esters is 1. The van der Waals surface area contributed by atoms with Gasteiger partial charge in [-0.2, -0.15) is 0 Å². The average molecular weight is 411 g/mol. The largest absolute Gasteiger partial charge is 0.456 e. The molecule has 0 aliphatic heterocycles. The van der Waals surface area contributed by atoms with Crippen molar-refractivity contribution >= 4 is 17.8 Å². The Hall–Kier alpha value is -3.15. The molecule has 0 atom stereocenters. The van der Waals surface area contributed by atoms with Gasteiger partial charge in [0.25, 0.3) is 5.91 Å². The highest BCUT2D eigenvalue weighted by molar-refractivity contribution is 5.82. The van der Waals surface area contributed by atoms with E-state index in [9.17, 15) is 14.4 Å². The van der Waals surface area contributed by atoms with E-state index >= 15 is 0 Å². The highest BCUT2D eigenvalue weighted by atomic mass is 16.5. The van der Waals surface area contributed by atoms with Crippen LogP contribution in [0.2, 0.25) is 0 Å². The molecule has 0 aromatic heterocycles. The van der Waals surface area contributed by atoms with Crippen LogP contribution in [0.1, 0.15) is 38.3 Å². The molecule has 6 nitrogen and oxygen atoms in total. The van der Waals surface area contributed by atoms with E-state index in [1.54, 1.807) is 4.90 Å². The number of hydrogen-bond acceptors (Lipinski definition) is 4. The monoisotopic (exact) mass is 410 g/mol. The topological polar surface area (TPSA) is 75.7 Å². The van der Waals surface area contributed by atoms with Crippen molar-refractivity contribution in [3.63, 3.8) is 0 Å². The van der Waals surface area contributed by atoms with E-state index in [1.807, 2.05) is 81.4 Å². The van der Waals surface area contributed by atoms with E-state index < -0.39 is 11.5 Å². The minimum absolute atomic E-state index is 0.0159. The first-order chi connectivity index (χ1) is 14.3. The van der Waals surface area contributed by atoms with Crippen LogP contribution in [0.3, 0.4) is 0 Å². The SMILES string of the molecule is CC(C)(C)N(Cc1ccccc1)C(=O)COC(=O)CCNC(=O)Cc1ccccc1. The van der Waals surface area contributed by atoms with E-state index in [-0.39, 0.29) is 37.8 Å². The molecule has 160 valence electrons. The number of nitrogens with zero attached hydrogens (tertiary/aromatic N) is 1. The van der Waals surface area contributed by atoms with Crippen LogP contribution in [0.5, 0.6) is 0 Å². The van der Waals surface area contributed by atoms with Crippen molar-refractivity contribution in [1.29, 1.82) is 0 Å². The highest BCUT2D eigenvalue weighted by Gasteiger charge is 2.27. The molecule has 6 heteroatoms. The molecule has 0 radical (unpaired) electrons. The average Bonchev–Trinajstić information content (AvgIpc) is 2.71. The Labute approximate surface area is 178 Å². The quantitative estimate of drug-likeness (QED) is 0.645. The summed E-state index contributed by atoms with van der Waals surface area (Å²) < 4.78 is 5.14. The summed E-state index contributed by atoms with van der Waals surface area (Å²) in [7, 11) is 0. The second kappa shape index (κ2) is 11.1. The molecule has 0 aliphatic rings. The van der Waals surface area contributed by atoms with E-state index in [1.165, 1.54) is 0 Å². The fourth-order valence-corrected chi connectivity index (χ4v) is 2.91. The van der Waals surface area contributed by atoms with Gasteiger partial charge in [-0.1, -0.05) is 60.7 Å². The van der Waals surface area contributed by atoms with E-state index in [0.717, 1.165) is 11.1 Å². The molecular formula is C24H30N2O4. The maximum Gasteiger partial charge on any atom is 0.308 e. The maximum absolute atomic E-state index is 12.7. The Morgan fingerprint density at radius 3 is 2.03 bits per heavy atom. The van der Waals surface area contributed by atoms with Crippen molar-refractivity contribution in [2.24, 2.45) is 0 Å². The molecule has 1 N–H and O–H groups in total. The van der Waals surface area contributed by atoms with Crippen LogP contribution in [-0.2, 0) is 32.1 Å². The van der Waals surface area contributed by atoms with Gasteiger partial charge in [0.1, 0.15) is 0 Å². The van der Waals surface area contributed by atoms with E-state index in [4.69, 9.17) is 4.74 Å². The lowest BCUT2D eigenvalue weighted by molar-refractivity contribution is -0.154. The predicted molar refractivity (Wildman–Crippen MR) is 115 cm³/mol. The van der Waals surface area contributed by atoms with Gasteiger partial charge in [0.05, 0.1) is 12.8 Å². The molecular weight excluding hydrogens is 380 g/mol. The third-order valence-electron chi connectivity index (χ3n) is 4.51. The fraction of sp³-hybridized carbons (Fsp3) is 0.375. The smallest absolute Gasteiger partial charge is 0.308 e. The van der Waals surface area contributed by atoms with Crippen molar-refractivity contribution in [2.75, 3.05) is 13.2 Å². The van der Waals surface area contributed by atoms with Crippen LogP contribution in [0.4, 0.5) is 0 Å². The van der Waals surface area contributed by atoms with Gasteiger partial charge >= 0.3 is 5.97 Å². The molecule has 30 heavy (non-hydrogen) atoms. The van der Waals surface area contributed by atoms with Crippen LogP contribution < -0.4 is 5.32 Å². The number of carbonyl (C=O) groups is 3. The van der Waals surface area contributed by atoms with Crippen LogP contribution >= 0.6 is 0 Å². The third-order valence-corrected chi connectivity index (χ3v) is 4.51. The molecule has 2 aromatic rings. The molecule has 2 rings (SSSR count). The zero-order valence-electron chi connectivity index (χ0n) is 17.9. The number of rotatable bonds is 9. The lowest BCUT2D eigenvalue weighted by Gasteiger charge is -2.35. The minimum atomic E-state index is -0.517. The number of benzene rings is 2. The Balaban J connectivity index is 1.75. The Morgan fingerprint density at radius 2 is 1.47 bits per heavy atom. The Bertz CT molecular complexity index is 829. The maximum atomic E-state index is 12.7. The summed E-state index contributed by atoms with van der Waals surface area (Å²) in [6.07, 6.45) is 0.274. The normalized spacial score (nSPS) is 10.9. The summed E-state index contributed by atoms with van der Waals surface area (Å²) in [6.45, 7) is 6.12. The lowest BCUT2D eigenvalue weighted by atomic mass is 10.0. The van der Waals surface area contributed by atoms with Crippen LogP contribution in [0.15, 0.2) is 60.7 Å². The second-order valence-electron chi connectivity index (χ2n) is 8.06. The molecule has 0 fully saturated rings. The molecule has 2 amide bonds. The zero-order valence-corrected chi connectivity index (χ0v) is 17.9. The predicted octanol–water partition coefficient (Wildman–Crippen LogP) is 3.11. The summed E-state index contributed by atoms with van der Waals surface area (Å²) >= 11 is 0. The molecule has 0 saturated heterocycles. The van der Waals surface area contributed by atoms with Crippen molar-refractivity contribution < 1.29 is 19.1 Å².